The minimum absolute atomic E-state index is 0.136. The minimum atomic E-state index is -4.13. The first kappa shape index (κ1) is 10.6. The van der Waals surface area contributed by atoms with Gasteiger partial charge in [0, 0.05) is 12.7 Å². The summed E-state index contributed by atoms with van der Waals surface area (Å²) in [5.41, 5.74) is 0. The number of carbonyl (C=O) groups is 1. The van der Waals surface area contributed by atoms with E-state index in [1.807, 2.05) is 0 Å². The van der Waals surface area contributed by atoms with Gasteiger partial charge < -0.3 is 4.72 Å². The molecule has 0 radical (unpaired) electrons. The van der Waals surface area contributed by atoms with Gasteiger partial charge in [-0.1, -0.05) is 11.9 Å². The van der Waals surface area contributed by atoms with Gasteiger partial charge in [0.1, 0.15) is 0 Å². The van der Waals surface area contributed by atoms with E-state index in [1.165, 1.54) is 6.92 Å². The maximum Gasteiger partial charge on any atom is 0.389 e. The molecule has 66 valence electrons. The molecule has 1 N–H and O–H groups in total. The monoisotopic (exact) mass is 187 g/mol. The van der Waals surface area contributed by atoms with Gasteiger partial charge in [0.2, 0.25) is 5.91 Å². The maximum absolute atomic E-state index is 11.5. The molecular weight excluding hydrogens is 179 g/mol. The fraction of sp³-hybridized carbons (Fsp3) is 0.800. The van der Waals surface area contributed by atoms with Gasteiger partial charge in [0.05, 0.1) is 6.42 Å². The van der Waals surface area contributed by atoms with Crippen molar-refractivity contribution in [1.29, 1.82) is 0 Å². The van der Waals surface area contributed by atoms with Gasteiger partial charge in [0.15, 0.2) is 0 Å². The van der Waals surface area contributed by atoms with Crippen LogP contribution in [0.1, 0.15) is 13.3 Å². The highest BCUT2D eigenvalue weighted by atomic mass is 32.2. The number of alkyl halides is 3. The van der Waals surface area contributed by atoms with Gasteiger partial charge in [-0.25, -0.2) is 0 Å². The molecule has 0 rings (SSSR count). The van der Waals surface area contributed by atoms with Crippen LogP contribution in [0, 0.1) is 0 Å². The second-order valence-electron chi connectivity index (χ2n) is 1.87. The van der Waals surface area contributed by atoms with Crippen LogP contribution in [0.3, 0.4) is 0 Å². The largest absolute Gasteiger partial charge is 0.389 e. The molecule has 1 amide bonds. The number of amides is 1. The Bertz CT molecular complexity index is 136. The van der Waals surface area contributed by atoms with E-state index in [9.17, 15) is 18.0 Å². The van der Waals surface area contributed by atoms with Gasteiger partial charge in [0.25, 0.3) is 0 Å². The lowest BCUT2D eigenvalue weighted by Crippen LogP contribution is -2.14. The fourth-order valence-corrected chi connectivity index (χ4v) is 0.958. The van der Waals surface area contributed by atoms with Crippen molar-refractivity contribution in [3.8, 4) is 0 Å². The summed E-state index contributed by atoms with van der Waals surface area (Å²) < 4.78 is 36.6. The van der Waals surface area contributed by atoms with Crippen molar-refractivity contribution in [3.05, 3.63) is 0 Å². The lowest BCUT2D eigenvalue weighted by Gasteiger charge is -2.04. The average Bonchev–Trinajstić information content (AvgIpc) is 1.78. The molecule has 6 heteroatoms. The average molecular weight is 187 g/mol. The summed E-state index contributed by atoms with van der Waals surface area (Å²) in [5.74, 6) is -0.472. The molecule has 11 heavy (non-hydrogen) atoms. The summed E-state index contributed by atoms with van der Waals surface area (Å²) in [6, 6.07) is 0. The molecular formula is C5H8F3NOS. The standard InChI is InChI=1S/C5H8F3NOS/c1-4(10)9-11-3-2-5(6,7)8/h2-3H2,1H3,(H,9,10). The molecule has 0 aromatic carbocycles. The second-order valence-corrected chi connectivity index (χ2v) is 2.77. The van der Waals surface area contributed by atoms with E-state index in [0.29, 0.717) is 0 Å². The van der Waals surface area contributed by atoms with Crippen molar-refractivity contribution in [3.63, 3.8) is 0 Å². The molecule has 0 aliphatic carbocycles. The van der Waals surface area contributed by atoms with Crippen LogP contribution >= 0.6 is 11.9 Å². The Kier molecular flexibility index (Phi) is 4.32. The molecule has 0 saturated carbocycles. The molecule has 0 bridgehead atoms. The first-order valence-electron chi connectivity index (χ1n) is 2.87. The van der Waals surface area contributed by atoms with E-state index < -0.39 is 12.6 Å². The van der Waals surface area contributed by atoms with Crippen molar-refractivity contribution in [2.24, 2.45) is 0 Å². The molecule has 0 aromatic heterocycles. The van der Waals surface area contributed by atoms with Crippen LogP contribution in [0.2, 0.25) is 0 Å². The summed E-state index contributed by atoms with van der Waals surface area (Å²) in [6.45, 7) is 1.25. The van der Waals surface area contributed by atoms with Crippen molar-refractivity contribution >= 4 is 17.9 Å². The first-order valence-corrected chi connectivity index (χ1v) is 3.85. The van der Waals surface area contributed by atoms with Crippen LogP contribution < -0.4 is 4.72 Å². The molecule has 0 aliphatic heterocycles. The van der Waals surface area contributed by atoms with E-state index in [2.05, 4.69) is 4.72 Å². The quantitative estimate of drug-likeness (QED) is 0.538. The Morgan fingerprint density at radius 2 is 2.09 bits per heavy atom. The Morgan fingerprint density at radius 3 is 2.45 bits per heavy atom. The molecule has 0 spiro atoms. The zero-order valence-electron chi connectivity index (χ0n) is 5.86. The third-order valence-corrected chi connectivity index (χ3v) is 1.54. The zero-order chi connectivity index (χ0) is 8.91. The van der Waals surface area contributed by atoms with Gasteiger partial charge >= 0.3 is 6.18 Å². The Labute approximate surface area is 66.7 Å². The van der Waals surface area contributed by atoms with E-state index in [0.717, 1.165) is 11.9 Å². The Morgan fingerprint density at radius 1 is 1.55 bits per heavy atom. The minimum Gasteiger partial charge on any atom is -0.300 e. The molecule has 0 aromatic rings. The van der Waals surface area contributed by atoms with E-state index in [-0.39, 0.29) is 11.7 Å². The Hall–Kier alpha value is -0.390. The summed E-state index contributed by atoms with van der Waals surface area (Å²) in [7, 11) is 0. The zero-order valence-corrected chi connectivity index (χ0v) is 6.68. The summed E-state index contributed by atoms with van der Waals surface area (Å²) >= 11 is 0.769. The smallest absolute Gasteiger partial charge is 0.300 e. The molecule has 0 aliphatic rings. The number of hydrogen-bond acceptors (Lipinski definition) is 2. The second kappa shape index (κ2) is 4.48. The van der Waals surface area contributed by atoms with Crippen molar-refractivity contribution in [1.82, 2.24) is 4.72 Å². The predicted octanol–water partition coefficient (Wildman–Crippen LogP) is 1.72. The molecule has 0 heterocycles. The van der Waals surface area contributed by atoms with Crippen molar-refractivity contribution in [2.75, 3.05) is 5.75 Å². The van der Waals surface area contributed by atoms with Crippen LogP contribution in [0.4, 0.5) is 13.2 Å². The van der Waals surface area contributed by atoms with Gasteiger partial charge in [-0.15, -0.1) is 0 Å². The fourth-order valence-electron chi connectivity index (χ4n) is 0.319. The molecule has 2 nitrogen and oxygen atoms in total. The summed E-state index contributed by atoms with van der Waals surface area (Å²) in [6.07, 6.45) is -5.01. The molecule has 0 fully saturated rings. The number of nitrogens with one attached hydrogen (secondary N) is 1. The number of carbonyl (C=O) groups excluding carboxylic acids is 1. The SMILES string of the molecule is CC(=O)NSCCC(F)(F)F. The highest BCUT2D eigenvalue weighted by Crippen LogP contribution is 2.20. The third kappa shape index (κ3) is 9.61. The lowest BCUT2D eigenvalue weighted by atomic mass is 10.5. The van der Waals surface area contributed by atoms with Crippen LogP contribution in [-0.2, 0) is 4.79 Å². The third-order valence-electron chi connectivity index (χ3n) is 0.703. The van der Waals surface area contributed by atoms with Gasteiger partial charge in [-0.3, -0.25) is 4.79 Å². The Balaban J connectivity index is 3.22. The molecule has 0 saturated heterocycles. The number of rotatable bonds is 3. The van der Waals surface area contributed by atoms with Crippen LogP contribution in [0.5, 0.6) is 0 Å². The first-order chi connectivity index (χ1) is 4.92. The summed E-state index contributed by atoms with van der Waals surface area (Å²) in [5, 5.41) is 0. The normalized spacial score (nSPS) is 11.3. The number of halogens is 3. The predicted molar refractivity (Wildman–Crippen MR) is 36.9 cm³/mol. The lowest BCUT2D eigenvalue weighted by molar-refractivity contribution is -0.129. The van der Waals surface area contributed by atoms with Crippen LogP contribution in [0.15, 0.2) is 0 Å². The van der Waals surface area contributed by atoms with Crippen LogP contribution in [-0.4, -0.2) is 17.8 Å². The highest BCUT2D eigenvalue weighted by Gasteiger charge is 2.26. The van der Waals surface area contributed by atoms with E-state index >= 15 is 0 Å². The maximum atomic E-state index is 11.5. The van der Waals surface area contributed by atoms with Gasteiger partial charge in [-0.2, -0.15) is 13.2 Å². The highest BCUT2D eigenvalue weighted by molar-refractivity contribution is 7.97. The van der Waals surface area contributed by atoms with E-state index in [1.54, 1.807) is 0 Å². The van der Waals surface area contributed by atoms with Gasteiger partial charge in [-0.05, 0) is 0 Å². The number of hydrogen-bond donors (Lipinski definition) is 1. The molecule has 0 unspecified atom stereocenters. The van der Waals surface area contributed by atoms with E-state index in [4.69, 9.17) is 0 Å². The van der Waals surface area contributed by atoms with Crippen molar-refractivity contribution in [2.45, 2.75) is 19.5 Å². The topological polar surface area (TPSA) is 29.1 Å². The van der Waals surface area contributed by atoms with Crippen LogP contribution in [0.25, 0.3) is 0 Å². The van der Waals surface area contributed by atoms with Crippen molar-refractivity contribution < 1.29 is 18.0 Å². The molecule has 0 atom stereocenters. The summed E-state index contributed by atoms with van der Waals surface area (Å²) in [4.78, 5) is 10.2.